The van der Waals surface area contributed by atoms with Crippen LogP contribution in [0.1, 0.15) is 101 Å². The van der Waals surface area contributed by atoms with E-state index in [1.165, 1.54) is 21.1 Å². The minimum Gasteiger partial charge on any atom is -0.469 e. The SMILES string of the molecule is CC[C@H]1OC(=O)[C@H](C)[C@@H](O[C@H]2C[C@@](C)(OC)[C@@H](O)[C@H](C)O2)[C@H](C)[C@@H](O[C@@H]2O[C@H](C)C[C@H](N(C)C)[C@H]2O)[C@](C)(O)C[C@@H](C)CN(CCC(=O)OC)[C@H](C)[C@@H](O)[C@]1(C)O. The number of cyclic esters (lactones) is 1. The minimum absolute atomic E-state index is 0.00739. The van der Waals surface area contributed by atoms with E-state index >= 15 is 0 Å². The Morgan fingerprint density at radius 1 is 0.947 bits per heavy atom. The van der Waals surface area contributed by atoms with Crippen LogP contribution < -0.4 is 0 Å². The van der Waals surface area contributed by atoms with E-state index < -0.39 is 102 Å². The number of rotatable bonds is 10. The number of esters is 2. The molecule has 0 amide bonds. The predicted molar refractivity (Wildman–Crippen MR) is 210 cm³/mol. The first-order valence-corrected chi connectivity index (χ1v) is 20.7. The van der Waals surface area contributed by atoms with Gasteiger partial charge in [0.15, 0.2) is 12.6 Å². The summed E-state index contributed by atoms with van der Waals surface area (Å²) in [6, 6.07) is -1.05. The molecule has 18 atom stereocenters. The molecule has 0 aromatic rings. The lowest BCUT2D eigenvalue weighted by atomic mass is 9.77. The highest BCUT2D eigenvalue weighted by molar-refractivity contribution is 5.73. The molecule has 3 rings (SSSR count). The summed E-state index contributed by atoms with van der Waals surface area (Å²) in [6.07, 6.45) is -9.07. The number of aliphatic hydroxyl groups is 5. The molecule has 3 aliphatic heterocycles. The van der Waals surface area contributed by atoms with Crippen molar-refractivity contribution in [3.8, 4) is 0 Å². The van der Waals surface area contributed by atoms with E-state index in [0.29, 0.717) is 6.42 Å². The van der Waals surface area contributed by atoms with Crippen molar-refractivity contribution in [1.29, 1.82) is 0 Å². The maximum atomic E-state index is 14.4. The predicted octanol–water partition coefficient (Wildman–Crippen LogP) is 1.83. The number of likely N-dealkylation sites (N-methyl/N-ethyl adjacent to an activating group) is 1. The van der Waals surface area contributed by atoms with Gasteiger partial charge in [0, 0.05) is 44.6 Å². The molecule has 0 radical (unpaired) electrons. The first-order chi connectivity index (χ1) is 26.3. The van der Waals surface area contributed by atoms with Crippen molar-refractivity contribution in [2.45, 2.75) is 192 Å². The molecule has 0 bridgehead atoms. The van der Waals surface area contributed by atoms with Gasteiger partial charge in [0.1, 0.15) is 30.0 Å². The third-order valence-electron chi connectivity index (χ3n) is 12.9. The van der Waals surface area contributed by atoms with Crippen LogP contribution in [0.5, 0.6) is 0 Å². The van der Waals surface area contributed by atoms with Crippen molar-refractivity contribution >= 4 is 11.9 Å². The lowest BCUT2D eigenvalue weighted by molar-refractivity contribution is -0.318. The maximum absolute atomic E-state index is 14.4. The first-order valence-electron chi connectivity index (χ1n) is 20.7. The van der Waals surface area contributed by atoms with Crippen LogP contribution in [0.2, 0.25) is 0 Å². The highest BCUT2D eigenvalue weighted by atomic mass is 16.7. The van der Waals surface area contributed by atoms with Gasteiger partial charge in [-0.2, -0.15) is 0 Å². The van der Waals surface area contributed by atoms with Gasteiger partial charge in [0.25, 0.3) is 0 Å². The quantitative estimate of drug-likeness (QED) is 0.200. The zero-order valence-electron chi connectivity index (χ0n) is 36.9. The van der Waals surface area contributed by atoms with Crippen molar-refractivity contribution in [3.05, 3.63) is 0 Å². The Labute approximate surface area is 340 Å². The van der Waals surface area contributed by atoms with Crippen LogP contribution >= 0.6 is 0 Å². The van der Waals surface area contributed by atoms with Gasteiger partial charge in [-0.25, -0.2) is 0 Å². The molecule has 0 aromatic heterocycles. The zero-order valence-corrected chi connectivity index (χ0v) is 36.9. The molecular weight excluding hydrogens is 744 g/mol. The standard InChI is InChI=1S/C41H76N2O14/c1-15-29-41(10,50)34(46)26(6)43(17-16-30(44)51-13)21-22(2)19-39(8,49)36(57-38-32(45)28(42(11)12)18-23(3)53-38)24(4)33(25(5)37(48)55-29)56-31-20-40(9,52-14)35(47)27(7)54-31/h22-29,31-36,38,45-47,49-50H,15-21H2,1-14H3/t22-,23-,24+,25-,26-,27+,28+,29-,31+,32-,33+,34-,35+,36-,38+,39-,40-,41-/m1/s1. The van der Waals surface area contributed by atoms with E-state index in [-0.39, 0.29) is 56.8 Å². The highest BCUT2D eigenvalue weighted by Crippen LogP contribution is 2.40. The van der Waals surface area contributed by atoms with Crippen LogP contribution in [0, 0.1) is 17.8 Å². The van der Waals surface area contributed by atoms with Crippen LogP contribution in [0.15, 0.2) is 0 Å². The molecule has 16 heteroatoms. The lowest BCUT2D eigenvalue weighted by Gasteiger charge is -2.48. The Morgan fingerprint density at radius 3 is 2.14 bits per heavy atom. The summed E-state index contributed by atoms with van der Waals surface area (Å²) < 4.78 is 42.6. The van der Waals surface area contributed by atoms with Crippen molar-refractivity contribution in [1.82, 2.24) is 9.80 Å². The number of methoxy groups -OCH3 is 2. The molecular formula is C41H76N2O14. The summed E-state index contributed by atoms with van der Waals surface area (Å²) in [4.78, 5) is 30.4. The van der Waals surface area contributed by atoms with Gasteiger partial charge in [-0.3, -0.25) is 14.5 Å². The zero-order chi connectivity index (χ0) is 43.4. The molecule has 5 N–H and O–H groups in total. The average molecular weight is 821 g/mol. The van der Waals surface area contributed by atoms with Gasteiger partial charge >= 0.3 is 11.9 Å². The Kier molecular flexibility index (Phi) is 17.8. The molecule has 57 heavy (non-hydrogen) atoms. The third kappa shape index (κ3) is 11.9. The van der Waals surface area contributed by atoms with E-state index in [4.69, 9.17) is 33.2 Å². The Balaban J connectivity index is 2.21. The van der Waals surface area contributed by atoms with Crippen LogP contribution in [-0.2, 0) is 42.7 Å². The number of nitrogens with zero attached hydrogens (tertiary/aromatic N) is 2. The van der Waals surface area contributed by atoms with Crippen molar-refractivity contribution in [2.24, 2.45) is 17.8 Å². The molecule has 0 saturated carbocycles. The molecule has 3 aliphatic rings. The maximum Gasteiger partial charge on any atom is 0.311 e. The number of hydrogen-bond acceptors (Lipinski definition) is 16. The van der Waals surface area contributed by atoms with Gasteiger partial charge in [-0.05, 0) is 87.7 Å². The number of carbonyl (C=O) groups excluding carboxylic acids is 2. The molecule has 334 valence electrons. The van der Waals surface area contributed by atoms with Crippen molar-refractivity contribution in [3.63, 3.8) is 0 Å². The number of hydrogen-bond donors (Lipinski definition) is 5. The van der Waals surface area contributed by atoms with E-state index in [9.17, 15) is 35.1 Å². The number of carbonyl (C=O) groups is 2. The van der Waals surface area contributed by atoms with Gasteiger partial charge in [0.05, 0.1) is 55.1 Å². The molecule has 0 spiro atoms. The monoisotopic (exact) mass is 821 g/mol. The third-order valence-corrected chi connectivity index (χ3v) is 12.9. The molecule has 0 aromatic carbocycles. The molecule has 3 fully saturated rings. The van der Waals surface area contributed by atoms with E-state index in [1.54, 1.807) is 48.5 Å². The largest absolute Gasteiger partial charge is 0.469 e. The van der Waals surface area contributed by atoms with Crippen LogP contribution in [0.25, 0.3) is 0 Å². The Bertz CT molecular complexity index is 1290. The second kappa shape index (κ2) is 20.3. The fourth-order valence-corrected chi connectivity index (χ4v) is 9.24. The lowest BCUT2D eigenvalue weighted by Crippen LogP contribution is -2.60. The summed E-state index contributed by atoms with van der Waals surface area (Å²) in [5.41, 5.74) is -4.64. The van der Waals surface area contributed by atoms with Gasteiger partial charge in [0.2, 0.25) is 0 Å². The minimum atomic E-state index is -1.93. The molecule has 16 nitrogen and oxygen atoms in total. The Morgan fingerprint density at radius 2 is 1.58 bits per heavy atom. The highest BCUT2D eigenvalue weighted by Gasteiger charge is 2.53. The summed E-state index contributed by atoms with van der Waals surface area (Å²) in [6.45, 7) is 17.7. The van der Waals surface area contributed by atoms with Gasteiger partial charge in [-0.15, -0.1) is 0 Å². The summed E-state index contributed by atoms with van der Waals surface area (Å²) in [5, 5.41) is 59.0. The van der Waals surface area contributed by atoms with E-state index in [0.717, 1.165) is 0 Å². The Hall–Kier alpha value is -1.54. The normalized spacial score (nSPS) is 46.2. The van der Waals surface area contributed by atoms with Crippen LogP contribution in [0.4, 0.5) is 0 Å². The van der Waals surface area contributed by atoms with Crippen molar-refractivity contribution < 1.29 is 68.3 Å². The number of ether oxygens (including phenoxy) is 7. The topological polar surface area (TPSA) is 206 Å². The van der Waals surface area contributed by atoms with Gasteiger partial charge in [-0.1, -0.05) is 20.8 Å². The molecule has 3 saturated heterocycles. The first kappa shape index (κ1) is 49.8. The molecule has 3 heterocycles. The number of aliphatic hydroxyl groups excluding tert-OH is 3. The second-order valence-corrected chi connectivity index (χ2v) is 18.0. The summed E-state index contributed by atoms with van der Waals surface area (Å²) >= 11 is 0. The second-order valence-electron chi connectivity index (χ2n) is 18.0. The van der Waals surface area contributed by atoms with Crippen LogP contribution in [-0.4, -0.2) is 179 Å². The fourth-order valence-electron chi connectivity index (χ4n) is 9.24. The molecule has 0 unspecified atom stereocenters. The van der Waals surface area contributed by atoms with Crippen molar-refractivity contribution in [2.75, 3.05) is 41.4 Å². The smallest absolute Gasteiger partial charge is 0.311 e. The average Bonchev–Trinajstić information content (AvgIpc) is 3.14. The van der Waals surface area contributed by atoms with E-state index in [2.05, 4.69) is 0 Å². The van der Waals surface area contributed by atoms with Gasteiger partial charge < -0.3 is 63.6 Å². The van der Waals surface area contributed by atoms with Crippen LogP contribution in [0.3, 0.4) is 0 Å². The summed E-state index contributed by atoms with van der Waals surface area (Å²) in [5.74, 6) is -3.36. The fraction of sp³-hybridized carbons (Fsp3) is 0.951. The summed E-state index contributed by atoms with van der Waals surface area (Å²) in [7, 11) is 6.52. The molecule has 0 aliphatic carbocycles. The van der Waals surface area contributed by atoms with E-state index in [1.807, 2.05) is 37.7 Å².